The molecule has 1 N–H and O–H groups in total. The van der Waals surface area contributed by atoms with Gasteiger partial charge in [0.2, 0.25) is 0 Å². The Hall–Kier alpha value is -2.11. The number of hydrogen-bond donors (Lipinski definition) is 1. The summed E-state index contributed by atoms with van der Waals surface area (Å²) in [5, 5.41) is 9.19. The molecule has 0 aliphatic carbocycles. The molecule has 1 aromatic heterocycles. The molecule has 108 valence electrons. The molecule has 0 radical (unpaired) electrons. The summed E-state index contributed by atoms with van der Waals surface area (Å²) >= 11 is 0. The maximum Gasteiger partial charge on any atom is 0.320 e. The number of aromatic nitrogens is 1. The molecule has 1 aliphatic heterocycles. The summed E-state index contributed by atoms with van der Waals surface area (Å²) in [6.45, 7) is 2.90. The van der Waals surface area contributed by atoms with Crippen molar-refractivity contribution in [3.63, 3.8) is 0 Å². The smallest absolute Gasteiger partial charge is 0.320 e. The molecule has 0 saturated carbocycles. The maximum absolute atomic E-state index is 12.3. The zero-order valence-electron chi connectivity index (χ0n) is 11.7. The van der Waals surface area contributed by atoms with Gasteiger partial charge in [0.1, 0.15) is 0 Å². The summed E-state index contributed by atoms with van der Waals surface area (Å²) in [5.74, 6) is -0.845. The van der Waals surface area contributed by atoms with Crippen LogP contribution in [0.4, 0.5) is 4.79 Å². The zero-order chi connectivity index (χ0) is 14.8. The minimum atomic E-state index is -0.845. The average molecular weight is 277 g/mol. The number of rotatable bonds is 3. The Morgan fingerprint density at radius 2 is 2.30 bits per heavy atom. The first-order chi connectivity index (χ1) is 9.42. The van der Waals surface area contributed by atoms with E-state index in [1.54, 1.807) is 36.2 Å². The average Bonchev–Trinajstić information content (AvgIpc) is 2.83. The lowest BCUT2D eigenvalue weighted by Gasteiger charge is -2.25. The number of pyridine rings is 1. The van der Waals surface area contributed by atoms with Crippen LogP contribution in [0.2, 0.25) is 0 Å². The predicted molar refractivity (Wildman–Crippen MR) is 73.0 cm³/mol. The van der Waals surface area contributed by atoms with Crippen molar-refractivity contribution in [2.75, 3.05) is 20.1 Å². The van der Waals surface area contributed by atoms with Gasteiger partial charge in [0.15, 0.2) is 0 Å². The number of urea groups is 1. The van der Waals surface area contributed by atoms with Gasteiger partial charge in [-0.25, -0.2) is 4.79 Å². The Kier molecular flexibility index (Phi) is 3.92. The summed E-state index contributed by atoms with van der Waals surface area (Å²) in [5.41, 5.74) is 0.119. The normalized spacial score (nSPS) is 21.8. The first kappa shape index (κ1) is 14.3. The molecule has 20 heavy (non-hydrogen) atoms. The van der Waals surface area contributed by atoms with Gasteiger partial charge in [-0.15, -0.1) is 0 Å². The second-order valence-corrected chi connectivity index (χ2v) is 5.54. The third-order valence-corrected chi connectivity index (χ3v) is 3.73. The van der Waals surface area contributed by atoms with Crippen LogP contribution in [-0.2, 0) is 11.3 Å². The van der Waals surface area contributed by atoms with Crippen molar-refractivity contribution < 1.29 is 14.7 Å². The molecule has 1 aliphatic rings. The second kappa shape index (κ2) is 5.48. The van der Waals surface area contributed by atoms with Gasteiger partial charge in [-0.05, 0) is 25.0 Å². The van der Waals surface area contributed by atoms with Crippen LogP contribution in [-0.4, -0.2) is 52.0 Å². The van der Waals surface area contributed by atoms with Crippen molar-refractivity contribution in [3.8, 4) is 0 Å². The summed E-state index contributed by atoms with van der Waals surface area (Å²) in [6, 6.07) is 3.59. The fourth-order valence-corrected chi connectivity index (χ4v) is 2.37. The summed E-state index contributed by atoms with van der Waals surface area (Å²) in [6.07, 6.45) is 3.90. The van der Waals surface area contributed by atoms with Gasteiger partial charge in [-0.3, -0.25) is 9.78 Å². The van der Waals surface area contributed by atoms with Crippen LogP contribution in [0.3, 0.4) is 0 Å². The van der Waals surface area contributed by atoms with Crippen LogP contribution in [0.5, 0.6) is 0 Å². The lowest BCUT2D eigenvalue weighted by atomic mass is 9.90. The predicted octanol–water partition coefficient (Wildman–Crippen LogP) is 1.43. The van der Waals surface area contributed by atoms with Gasteiger partial charge in [0, 0.05) is 39.1 Å². The Balaban J connectivity index is 1.97. The van der Waals surface area contributed by atoms with E-state index in [1.165, 1.54) is 0 Å². The van der Waals surface area contributed by atoms with Crippen LogP contribution >= 0.6 is 0 Å². The van der Waals surface area contributed by atoms with Crippen LogP contribution in [0.1, 0.15) is 18.9 Å². The Labute approximate surface area is 118 Å². The fourth-order valence-electron chi connectivity index (χ4n) is 2.37. The van der Waals surface area contributed by atoms with E-state index < -0.39 is 11.4 Å². The minimum absolute atomic E-state index is 0.140. The van der Waals surface area contributed by atoms with E-state index >= 15 is 0 Å². The summed E-state index contributed by atoms with van der Waals surface area (Å²) < 4.78 is 0. The van der Waals surface area contributed by atoms with Crippen LogP contribution in [0.15, 0.2) is 24.5 Å². The number of carbonyl (C=O) groups excluding carboxylic acids is 1. The third-order valence-electron chi connectivity index (χ3n) is 3.73. The molecular formula is C14H19N3O3. The van der Waals surface area contributed by atoms with Gasteiger partial charge < -0.3 is 14.9 Å². The number of likely N-dealkylation sites (tertiary alicyclic amines) is 1. The van der Waals surface area contributed by atoms with Crippen molar-refractivity contribution in [2.45, 2.75) is 19.9 Å². The van der Waals surface area contributed by atoms with E-state index in [1.807, 2.05) is 12.1 Å². The molecule has 0 bridgehead atoms. The van der Waals surface area contributed by atoms with E-state index in [2.05, 4.69) is 4.98 Å². The van der Waals surface area contributed by atoms with Gasteiger partial charge in [-0.2, -0.15) is 0 Å². The lowest BCUT2D eigenvalue weighted by molar-refractivity contribution is -0.147. The number of amides is 2. The third kappa shape index (κ3) is 2.89. The van der Waals surface area contributed by atoms with Crippen molar-refractivity contribution in [1.29, 1.82) is 0 Å². The van der Waals surface area contributed by atoms with Crippen molar-refractivity contribution in [1.82, 2.24) is 14.8 Å². The maximum atomic E-state index is 12.3. The number of carbonyl (C=O) groups is 2. The number of carboxylic acids is 1. The Morgan fingerprint density at radius 1 is 1.55 bits per heavy atom. The van der Waals surface area contributed by atoms with Gasteiger partial charge >= 0.3 is 12.0 Å². The van der Waals surface area contributed by atoms with E-state index in [0.717, 1.165) is 5.56 Å². The van der Waals surface area contributed by atoms with E-state index in [-0.39, 0.29) is 12.6 Å². The van der Waals surface area contributed by atoms with Gasteiger partial charge in [0.25, 0.3) is 0 Å². The Morgan fingerprint density at radius 3 is 2.85 bits per heavy atom. The summed E-state index contributed by atoms with van der Waals surface area (Å²) in [4.78, 5) is 30.7. The van der Waals surface area contributed by atoms with E-state index in [0.29, 0.717) is 19.5 Å². The minimum Gasteiger partial charge on any atom is -0.481 e. The molecule has 1 saturated heterocycles. The molecule has 1 aromatic rings. The molecule has 2 heterocycles. The van der Waals surface area contributed by atoms with Gasteiger partial charge in [-0.1, -0.05) is 6.07 Å². The van der Waals surface area contributed by atoms with E-state index in [4.69, 9.17) is 0 Å². The number of aliphatic carboxylic acids is 1. The molecule has 1 atom stereocenters. The molecule has 6 heteroatoms. The number of nitrogens with zero attached hydrogens (tertiary/aromatic N) is 3. The molecule has 2 rings (SSSR count). The molecule has 2 amide bonds. The zero-order valence-corrected chi connectivity index (χ0v) is 11.7. The van der Waals surface area contributed by atoms with Crippen LogP contribution in [0, 0.1) is 5.41 Å². The fraction of sp³-hybridized carbons (Fsp3) is 0.500. The molecule has 1 unspecified atom stereocenters. The highest BCUT2D eigenvalue weighted by Crippen LogP contribution is 2.30. The topological polar surface area (TPSA) is 73.7 Å². The second-order valence-electron chi connectivity index (χ2n) is 5.54. The molecule has 1 fully saturated rings. The molecule has 0 spiro atoms. The lowest BCUT2D eigenvalue weighted by Crippen LogP contribution is -2.41. The standard InChI is InChI=1S/C14H19N3O3/c1-14(12(18)19)5-7-17(10-14)13(20)16(2)9-11-4-3-6-15-8-11/h3-4,6,8H,5,7,9-10H2,1-2H3,(H,18,19). The highest BCUT2D eigenvalue weighted by Gasteiger charge is 2.42. The van der Waals surface area contributed by atoms with Crippen molar-refractivity contribution in [2.24, 2.45) is 5.41 Å². The van der Waals surface area contributed by atoms with Crippen LogP contribution < -0.4 is 0 Å². The molecule has 0 aromatic carbocycles. The number of hydrogen-bond acceptors (Lipinski definition) is 3. The Bertz CT molecular complexity index is 506. The van der Waals surface area contributed by atoms with Crippen LogP contribution in [0.25, 0.3) is 0 Å². The van der Waals surface area contributed by atoms with Gasteiger partial charge in [0.05, 0.1) is 5.41 Å². The molecule has 6 nitrogen and oxygen atoms in total. The van der Waals surface area contributed by atoms with Crippen molar-refractivity contribution in [3.05, 3.63) is 30.1 Å². The largest absolute Gasteiger partial charge is 0.481 e. The highest BCUT2D eigenvalue weighted by atomic mass is 16.4. The van der Waals surface area contributed by atoms with Crippen molar-refractivity contribution >= 4 is 12.0 Å². The summed E-state index contributed by atoms with van der Waals surface area (Å²) in [7, 11) is 1.71. The highest BCUT2D eigenvalue weighted by molar-refractivity contribution is 5.79. The monoisotopic (exact) mass is 277 g/mol. The molecular weight excluding hydrogens is 258 g/mol. The van der Waals surface area contributed by atoms with E-state index in [9.17, 15) is 14.7 Å². The quantitative estimate of drug-likeness (QED) is 0.907. The number of carboxylic acid groups (broad SMARTS) is 1. The first-order valence-electron chi connectivity index (χ1n) is 6.55. The SMILES string of the molecule is CN(Cc1cccnc1)C(=O)N1CCC(C)(C(=O)O)C1. The first-order valence-corrected chi connectivity index (χ1v) is 6.55.